The number of esters is 1. The number of hydrogen-bond donors (Lipinski definition) is 2. The molecule has 0 radical (unpaired) electrons. The maximum absolute atomic E-state index is 11.4. The van der Waals surface area contributed by atoms with Gasteiger partial charge in [0.05, 0.1) is 12.0 Å². The number of benzene rings is 2. The summed E-state index contributed by atoms with van der Waals surface area (Å²) in [5, 5.41) is 15.5. The summed E-state index contributed by atoms with van der Waals surface area (Å²) in [6.45, 7) is 1.97. The van der Waals surface area contributed by atoms with Crippen molar-refractivity contribution in [1.82, 2.24) is 4.98 Å². The minimum atomic E-state index is -0.523. The smallest absolute Gasteiger partial charge is 0.330 e. The van der Waals surface area contributed by atoms with E-state index < -0.39 is 10.9 Å². The van der Waals surface area contributed by atoms with Gasteiger partial charge in [0.25, 0.3) is 5.69 Å². The summed E-state index contributed by atoms with van der Waals surface area (Å²) < 4.78 is 4.51. The van der Waals surface area contributed by atoms with Crippen LogP contribution in [0.25, 0.3) is 17.0 Å². The molecule has 0 saturated heterocycles. The number of nitro groups is 1. The van der Waals surface area contributed by atoms with E-state index in [-0.39, 0.29) is 5.69 Å². The summed E-state index contributed by atoms with van der Waals surface area (Å²) in [5.74, 6) is -0.523. The number of methoxy groups -OCH3 is 1. The zero-order valence-corrected chi connectivity index (χ0v) is 14.3. The molecule has 1 aromatic heterocycles. The minimum absolute atomic E-state index is 0.0811. The molecule has 2 aromatic carbocycles. The standard InChI is InChI=1S/C19H17N3O4/c1-12-9-14-11-15(5-7-16(14)20-12)21-17-6-3-13(4-8-19(23)26-2)10-18(17)22(24)25/h3-11,20-21H,1-2H3/b8-4+. The number of fused-ring (bicyclic) bond motifs is 1. The highest BCUT2D eigenvalue weighted by atomic mass is 16.6. The number of nitro benzene ring substituents is 1. The lowest BCUT2D eigenvalue weighted by molar-refractivity contribution is -0.383. The highest BCUT2D eigenvalue weighted by Crippen LogP contribution is 2.30. The van der Waals surface area contributed by atoms with Crippen molar-refractivity contribution in [3.8, 4) is 0 Å². The van der Waals surface area contributed by atoms with Gasteiger partial charge in [-0.1, -0.05) is 6.07 Å². The highest BCUT2D eigenvalue weighted by Gasteiger charge is 2.14. The van der Waals surface area contributed by atoms with Gasteiger partial charge in [0.2, 0.25) is 0 Å². The van der Waals surface area contributed by atoms with Crippen LogP contribution in [0.3, 0.4) is 0 Å². The zero-order chi connectivity index (χ0) is 18.7. The number of nitrogens with zero attached hydrogens (tertiary/aromatic N) is 1. The Hall–Kier alpha value is -3.61. The van der Waals surface area contributed by atoms with E-state index in [1.165, 1.54) is 25.3 Å². The molecule has 1 heterocycles. The second-order valence-corrected chi connectivity index (χ2v) is 5.77. The van der Waals surface area contributed by atoms with E-state index in [1.807, 2.05) is 31.2 Å². The highest BCUT2D eigenvalue weighted by molar-refractivity contribution is 5.88. The van der Waals surface area contributed by atoms with Crippen LogP contribution in [0.5, 0.6) is 0 Å². The first-order valence-corrected chi connectivity index (χ1v) is 7.87. The van der Waals surface area contributed by atoms with Gasteiger partial charge in [-0.2, -0.15) is 0 Å². The molecular formula is C19H17N3O4. The van der Waals surface area contributed by atoms with Gasteiger partial charge in [-0.3, -0.25) is 10.1 Å². The molecule has 26 heavy (non-hydrogen) atoms. The van der Waals surface area contributed by atoms with Gasteiger partial charge in [0.15, 0.2) is 0 Å². The van der Waals surface area contributed by atoms with Gasteiger partial charge in [-0.05, 0) is 48.9 Å². The Morgan fingerprint density at radius 1 is 1.23 bits per heavy atom. The van der Waals surface area contributed by atoms with Crippen LogP contribution in [0.15, 0.2) is 48.5 Å². The van der Waals surface area contributed by atoms with Crippen molar-refractivity contribution in [2.75, 3.05) is 12.4 Å². The van der Waals surface area contributed by atoms with E-state index in [0.29, 0.717) is 11.3 Å². The molecule has 0 amide bonds. The first-order valence-electron chi connectivity index (χ1n) is 7.87. The summed E-state index contributed by atoms with van der Waals surface area (Å²) in [6, 6.07) is 12.4. The van der Waals surface area contributed by atoms with Crippen LogP contribution in [0.2, 0.25) is 0 Å². The van der Waals surface area contributed by atoms with Crippen molar-refractivity contribution < 1.29 is 14.5 Å². The number of carbonyl (C=O) groups is 1. The Labute approximate surface area is 149 Å². The fourth-order valence-electron chi connectivity index (χ4n) is 2.65. The summed E-state index contributed by atoms with van der Waals surface area (Å²) in [6.07, 6.45) is 2.69. The molecule has 0 unspecified atom stereocenters. The summed E-state index contributed by atoms with van der Waals surface area (Å²) in [7, 11) is 1.27. The van der Waals surface area contributed by atoms with Crippen molar-refractivity contribution in [2.45, 2.75) is 6.92 Å². The second kappa shape index (κ2) is 7.10. The van der Waals surface area contributed by atoms with Crippen molar-refractivity contribution in [1.29, 1.82) is 0 Å². The molecular weight excluding hydrogens is 334 g/mol. The predicted octanol–water partition coefficient (Wildman–Crippen LogP) is 4.31. The first-order chi connectivity index (χ1) is 12.5. The third-order valence-electron chi connectivity index (χ3n) is 3.87. The number of aromatic nitrogens is 1. The summed E-state index contributed by atoms with van der Waals surface area (Å²) in [4.78, 5) is 25.4. The number of hydrogen-bond acceptors (Lipinski definition) is 5. The van der Waals surface area contributed by atoms with Gasteiger partial charge >= 0.3 is 5.97 Å². The number of H-pyrrole nitrogens is 1. The molecule has 7 heteroatoms. The van der Waals surface area contributed by atoms with Gasteiger partial charge in [0.1, 0.15) is 5.69 Å². The zero-order valence-electron chi connectivity index (χ0n) is 14.3. The fourth-order valence-corrected chi connectivity index (χ4v) is 2.65. The number of aromatic amines is 1. The molecule has 2 N–H and O–H groups in total. The van der Waals surface area contributed by atoms with E-state index in [0.717, 1.165) is 22.3 Å². The number of carbonyl (C=O) groups excluding carboxylic acids is 1. The number of anilines is 2. The van der Waals surface area contributed by atoms with Gasteiger partial charge in [0, 0.05) is 34.4 Å². The summed E-state index contributed by atoms with van der Waals surface area (Å²) in [5.41, 5.74) is 3.62. The molecule has 0 saturated carbocycles. The molecule has 7 nitrogen and oxygen atoms in total. The Balaban J connectivity index is 1.91. The third kappa shape index (κ3) is 3.72. The quantitative estimate of drug-likeness (QED) is 0.309. The Kier molecular flexibility index (Phi) is 4.70. The fraction of sp³-hybridized carbons (Fsp3) is 0.105. The molecule has 132 valence electrons. The SMILES string of the molecule is COC(=O)/C=C/c1ccc(Nc2ccc3[nH]c(C)cc3c2)c([N+](=O)[O-])c1. The van der Waals surface area contributed by atoms with Gasteiger partial charge in [-0.25, -0.2) is 4.79 Å². The average Bonchev–Trinajstić information content (AvgIpc) is 2.99. The molecule has 0 aliphatic heterocycles. The molecule has 3 aromatic rings. The van der Waals surface area contributed by atoms with E-state index in [1.54, 1.807) is 12.1 Å². The van der Waals surface area contributed by atoms with Crippen LogP contribution < -0.4 is 5.32 Å². The normalized spacial score (nSPS) is 11.0. The Morgan fingerprint density at radius 3 is 2.77 bits per heavy atom. The monoisotopic (exact) mass is 351 g/mol. The van der Waals surface area contributed by atoms with Gasteiger partial charge in [-0.15, -0.1) is 0 Å². The maximum atomic E-state index is 11.4. The third-order valence-corrected chi connectivity index (χ3v) is 3.87. The van der Waals surface area contributed by atoms with Crippen LogP contribution in [-0.4, -0.2) is 23.0 Å². The molecule has 0 fully saturated rings. The first kappa shape index (κ1) is 17.2. The number of ether oxygens (including phenoxy) is 1. The molecule has 0 aliphatic carbocycles. The number of rotatable bonds is 5. The topological polar surface area (TPSA) is 97.3 Å². The molecule has 0 bridgehead atoms. The second-order valence-electron chi connectivity index (χ2n) is 5.77. The van der Waals surface area contributed by atoms with Crippen LogP contribution in [0.4, 0.5) is 17.1 Å². The van der Waals surface area contributed by atoms with Crippen LogP contribution in [-0.2, 0) is 9.53 Å². The number of aryl methyl sites for hydroxylation is 1. The van der Waals surface area contributed by atoms with E-state index in [2.05, 4.69) is 15.0 Å². The van der Waals surface area contributed by atoms with Crippen LogP contribution >= 0.6 is 0 Å². The molecule has 0 aliphatic rings. The Bertz CT molecular complexity index is 1020. The average molecular weight is 351 g/mol. The molecule has 3 rings (SSSR count). The molecule has 0 spiro atoms. The van der Waals surface area contributed by atoms with Gasteiger partial charge < -0.3 is 15.0 Å². The van der Waals surface area contributed by atoms with E-state index >= 15 is 0 Å². The lowest BCUT2D eigenvalue weighted by Crippen LogP contribution is -1.98. The van der Waals surface area contributed by atoms with Crippen molar-refractivity contribution in [3.63, 3.8) is 0 Å². The lowest BCUT2D eigenvalue weighted by Gasteiger charge is -2.08. The van der Waals surface area contributed by atoms with Crippen molar-refractivity contribution >= 4 is 40.0 Å². The van der Waals surface area contributed by atoms with Crippen LogP contribution in [0.1, 0.15) is 11.3 Å². The lowest BCUT2D eigenvalue weighted by atomic mass is 10.1. The number of nitrogens with one attached hydrogen (secondary N) is 2. The van der Waals surface area contributed by atoms with E-state index in [4.69, 9.17) is 0 Å². The van der Waals surface area contributed by atoms with Crippen molar-refractivity contribution in [2.24, 2.45) is 0 Å². The van der Waals surface area contributed by atoms with E-state index in [9.17, 15) is 14.9 Å². The van der Waals surface area contributed by atoms with Crippen LogP contribution in [0, 0.1) is 17.0 Å². The predicted molar refractivity (Wildman–Crippen MR) is 100 cm³/mol. The maximum Gasteiger partial charge on any atom is 0.330 e. The van der Waals surface area contributed by atoms with Crippen molar-refractivity contribution in [3.05, 3.63) is 69.9 Å². The Morgan fingerprint density at radius 2 is 2.04 bits per heavy atom. The summed E-state index contributed by atoms with van der Waals surface area (Å²) >= 11 is 0. The molecule has 0 atom stereocenters. The largest absolute Gasteiger partial charge is 0.466 e. The minimum Gasteiger partial charge on any atom is -0.466 e.